The highest BCUT2D eigenvalue weighted by Gasteiger charge is 2.31. The first-order valence-corrected chi connectivity index (χ1v) is 13.4. The average molecular weight is 581 g/mol. The van der Waals surface area contributed by atoms with Crippen molar-refractivity contribution in [2.24, 2.45) is 0 Å². The van der Waals surface area contributed by atoms with Crippen molar-refractivity contribution < 1.29 is 18.0 Å². The summed E-state index contributed by atoms with van der Waals surface area (Å²) in [4.78, 5) is 30.4. The largest absolute Gasteiger partial charge is 0.416 e. The zero-order chi connectivity index (χ0) is 29.7. The summed E-state index contributed by atoms with van der Waals surface area (Å²) < 4.78 is 40.8. The van der Waals surface area contributed by atoms with Crippen LogP contribution >= 0.6 is 0 Å². The van der Waals surface area contributed by atoms with Crippen molar-refractivity contribution in [2.45, 2.75) is 13.1 Å². The van der Waals surface area contributed by atoms with Crippen molar-refractivity contribution in [3.05, 3.63) is 77.9 Å². The lowest BCUT2D eigenvalue weighted by Gasteiger charge is -2.32. The van der Waals surface area contributed by atoms with E-state index in [1.165, 1.54) is 29.5 Å². The number of likely N-dealkylation sites (N-methyl/N-ethyl adjacent to an activating group) is 1. The van der Waals surface area contributed by atoms with Crippen molar-refractivity contribution in [1.29, 1.82) is 0 Å². The van der Waals surface area contributed by atoms with Crippen LogP contribution in [-0.2, 0) is 6.18 Å². The molecule has 220 valence electrons. The number of amides is 1. The van der Waals surface area contributed by atoms with Crippen LogP contribution in [0.1, 0.15) is 21.5 Å². The van der Waals surface area contributed by atoms with Gasteiger partial charge in [0.15, 0.2) is 5.82 Å². The van der Waals surface area contributed by atoms with Gasteiger partial charge in [0.2, 0.25) is 5.95 Å². The molecule has 2 aromatic carbocycles. The quantitative estimate of drug-likeness (QED) is 0.270. The predicted octanol–water partition coefficient (Wildman–Crippen LogP) is 4.04. The number of halogens is 3. The van der Waals surface area contributed by atoms with Gasteiger partial charge in [0.05, 0.1) is 5.56 Å². The number of carbonyl (C=O) groups excluding carboxylic acids is 1. The molecule has 4 aromatic rings. The van der Waals surface area contributed by atoms with E-state index in [2.05, 4.69) is 52.8 Å². The Balaban J connectivity index is 1.25. The second-order valence-corrected chi connectivity index (χ2v) is 10.0. The van der Waals surface area contributed by atoms with Gasteiger partial charge in [-0.3, -0.25) is 9.69 Å². The zero-order valence-electron chi connectivity index (χ0n) is 23.2. The van der Waals surface area contributed by atoms with Gasteiger partial charge in [-0.1, -0.05) is 12.1 Å². The van der Waals surface area contributed by atoms with Crippen LogP contribution in [0.3, 0.4) is 0 Å². The molecule has 1 amide bonds. The van der Waals surface area contributed by atoms with Crippen LogP contribution in [0.25, 0.3) is 5.82 Å². The summed E-state index contributed by atoms with van der Waals surface area (Å²) in [5.41, 5.74) is 0.863. The molecule has 0 aliphatic carbocycles. The lowest BCUT2D eigenvalue weighted by atomic mass is 10.1. The number of aromatic nitrogens is 5. The summed E-state index contributed by atoms with van der Waals surface area (Å²) in [5, 5.41) is 13.5. The molecule has 0 bridgehead atoms. The van der Waals surface area contributed by atoms with E-state index in [9.17, 15) is 18.0 Å². The minimum absolute atomic E-state index is 0.101. The van der Waals surface area contributed by atoms with E-state index in [1.54, 1.807) is 24.3 Å². The minimum Gasteiger partial charge on any atom is -0.369 e. The van der Waals surface area contributed by atoms with Gasteiger partial charge >= 0.3 is 6.18 Å². The van der Waals surface area contributed by atoms with Crippen molar-refractivity contribution >= 4 is 29.0 Å². The molecule has 0 atom stereocenters. The number of nitrogens with zero attached hydrogens (tertiary/aromatic N) is 7. The molecular weight excluding hydrogens is 549 g/mol. The number of anilines is 4. The Hall–Kier alpha value is -4.56. The molecule has 0 radical (unpaired) electrons. The van der Waals surface area contributed by atoms with Crippen LogP contribution in [-0.4, -0.2) is 86.8 Å². The Morgan fingerprint density at radius 3 is 2.57 bits per heavy atom. The minimum atomic E-state index is -4.54. The van der Waals surface area contributed by atoms with Crippen molar-refractivity contribution in [3.63, 3.8) is 0 Å². The number of carbonyl (C=O) groups is 1. The second-order valence-electron chi connectivity index (χ2n) is 10.0. The van der Waals surface area contributed by atoms with E-state index in [0.717, 1.165) is 57.0 Å². The van der Waals surface area contributed by atoms with Crippen molar-refractivity contribution in [1.82, 2.24) is 34.5 Å². The maximum absolute atomic E-state index is 13.1. The molecule has 42 heavy (non-hydrogen) atoms. The number of aryl methyl sites for hydroxylation is 1. The van der Waals surface area contributed by atoms with E-state index < -0.39 is 17.6 Å². The highest BCUT2D eigenvalue weighted by Crippen LogP contribution is 2.30. The van der Waals surface area contributed by atoms with Gasteiger partial charge in [-0.15, -0.1) is 0 Å². The van der Waals surface area contributed by atoms with Crippen LogP contribution < -0.4 is 16.0 Å². The number of piperazine rings is 1. The third kappa shape index (κ3) is 7.19. The van der Waals surface area contributed by atoms with Crippen LogP contribution in [0, 0.1) is 6.92 Å². The average Bonchev–Trinajstić information content (AvgIpc) is 3.44. The summed E-state index contributed by atoms with van der Waals surface area (Å²) in [6, 6.07) is 11.2. The molecule has 0 unspecified atom stereocenters. The van der Waals surface area contributed by atoms with Crippen LogP contribution in [0.15, 0.2) is 61.2 Å². The van der Waals surface area contributed by atoms with E-state index in [1.807, 2.05) is 6.92 Å². The lowest BCUT2D eigenvalue weighted by molar-refractivity contribution is -0.137. The maximum Gasteiger partial charge on any atom is 0.416 e. The molecule has 14 heteroatoms. The molecule has 11 nitrogen and oxygen atoms in total. The fourth-order valence-electron chi connectivity index (χ4n) is 4.46. The van der Waals surface area contributed by atoms with E-state index in [-0.39, 0.29) is 5.56 Å². The molecule has 1 aliphatic heterocycles. The first-order valence-electron chi connectivity index (χ1n) is 13.4. The fraction of sp³-hybridized carbons (Fsp3) is 0.321. The first kappa shape index (κ1) is 29.0. The topological polar surface area (TPSA) is 116 Å². The fourth-order valence-corrected chi connectivity index (χ4v) is 4.46. The number of alkyl halides is 3. The van der Waals surface area contributed by atoms with Gasteiger partial charge in [-0.2, -0.15) is 27.9 Å². The lowest BCUT2D eigenvalue weighted by Crippen LogP contribution is -2.45. The van der Waals surface area contributed by atoms with E-state index in [0.29, 0.717) is 29.0 Å². The maximum atomic E-state index is 13.1. The van der Waals surface area contributed by atoms with Gasteiger partial charge in [-0.05, 0) is 49.9 Å². The summed E-state index contributed by atoms with van der Waals surface area (Å²) in [6.45, 7) is 7.71. The third-order valence-electron chi connectivity index (χ3n) is 6.94. The third-order valence-corrected chi connectivity index (χ3v) is 6.94. The Morgan fingerprint density at radius 2 is 1.79 bits per heavy atom. The predicted molar refractivity (Wildman–Crippen MR) is 153 cm³/mol. The molecule has 1 aliphatic rings. The van der Waals surface area contributed by atoms with Gasteiger partial charge in [0.1, 0.15) is 18.5 Å². The first-order chi connectivity index (χ1) is 20.2. The molecule has 3 heterocycles. The molecular formula is C28H31F3N10O. The Labute approximate surface area is 240 Å². The molecule has 1 fully saturated rings. The number of benzene rings is 2. The van der Waals surface area contributed by atoms with Gasteiger partial charge < -0.3 is 20.9 Å². The van der Waals surface area contributed by atoms with Crippen LogP contribution in [0.2, 0.25) is 0 Å². The standard InChI is InChI=1S/C28H31F3N10O/c1-19-6-7-22(37-26(42)20-4-3-5-21(14-20)28(29,30)31)15-23(19)38-27-35-18-36-41(27)25-16-24(33-17-34-25)32-8-9-40-12-10-39(2)11-13-40/h3-7,14-18H,8-13H2,1-2H3,(H,37,42)(H,32,33,34)(H,35,36,38). The van der Waals surface area contributed by atoms with Crippen LogP contribution in [0.4, 0.5) is 36.3 Å². The molecule has 0 saturated carbocycles. The number of hydrogen-bond donors (Lipinski definition) is 3. The Morgan fingerprint density at radius 1 is 0.976 bits per heavy atom. The second kappa shape index (κ2) is 12.5. The monoisotopic (exact) mass is 580 g/mol. The van der Waals surface area contributed by atoms with Crippen molar-refractivity contribution in [3.8, 4) is 5.82 Å². The molecule has 2 aromatic heterocycles. The van der Waals surface area contributed by atoms with E-state index >= 15 is 0 Å². The normalized spacial score (nSPS) is 14.5. The summed E-state index contributed by atoms with van der Waals surface area (Å²) in [6.07, 6.45) is -1.70. The zero-order valence-corrected chi connectivity index (χ0v) is 23.2. The smallest absolute Gasteiger partial charge is 0.369 e. The molecule has 3 N–H and O–H groups in total. The number of rotatable bonds is 9. The highest BCUT2D eigenvalue weighted by atomic mass is 19.4. The highest BCUT2D eigenvalue weighted by molar-refractivity contribution is 6.04. The van der Waals surface area contributed by atoms with Gasteiger partial charge in [0, 0.05) is 62.3 Å². The van der Waals surface area contributed by atoms with Crippen LogP contribution in [0.5, 0.6) is 0 Å². The molecule has 5 rings (SSSR count). The Kier molecular flexibility index (Phi) is 8.64. The summed E-state index contributed by atoms with van der Waals surface area (Å²) in [5.74, 6) is 0.874. The van der Waals surface area contributed by atoms with Gasteiger partial charge in [0.25, 0.3) is 5.91 Å². The SMILES string of the molecule is Cc1ccc(NC(=O)c2cccc(C(F)(F)F)c2)cc1Nc1ncnn1-c1cc(NCCN2CCN(C)CC2)ncn1. The van der Waals surface area contributed by atoms with Crippen molar-refractivity contribution in [2.75, 3.05) is 62.3 Å². The Bertz CT molecular complexity index is 1530. The number of nitrogens with one attached hydrogen (secondary N) is 3. The number of hydrogen-bond acceptors (Lipinski definition) is 9. The summed E-state index contributed by atoms with van der Waals surface area (Å²) in [7, 11) is 2.13. The summed E-state index contributed by atoms with van der Waals surface area (Å²) >= 11 is 0. The molecule has 1 saturated heterocycles. The van der Waals surface area contributed by atoms with E-state index in [4.69, 9.17) is 0 Å². The molecule has 0 spiro atoms. The van der Waals surface area contributed by atoms with Gasteiger partial charge in [-0.25, -0.2) is 9.97 Å².